The van der Waals surface area contributed by atoms with Crippen LogP contribution in [0.3, 0.4) is 0 Å². The number of nitrogens with zero attached hydrogens (tertiary/aromatic N) is 1. The summed E-state index contributed by atoms with van der Waals surface area (Å²) in [6, 6.07) is 10.1. The van der Waals surface area contributed by atoms with E-state index < -0.39 is 0 Å². The van der Waals surface area contributed by atoms with Crippen molar-refractivity contribution < 1.29 is 4.79 Å². The molecule has 2 N–H and O–H groups in total. The molecular weight excluding hydrogens is 262 g/mol. The molecule has 0 aromatic heterocycles. The van der Waals surface area contributed by atoms with Gasteiger partial charge >= 0.3 is 0 Å². The second-order valence-corrected chi connectivity index (χ2v) is 5.28. The Balaban J connectivity index is 2.02. The van der Waals surface area contributed by atoms with E-state index in [0.717, 1.165) is 43.4 Å². The molecule has 0 bridgehead atoms. The first-order valence-corrected chi connectivity index (χ1v) is 7.50. The van der Waals surface area contributed by atoms with Gasteiger partial charge in [0.05, 0.1) is 0 Å². The molecule has 0 radical (unpaired) electrons. The maximum atomic E-state index is 12.1. The van der Waals surface area contributed by atoms with Crippen molar-refractivity contribution in [3.8, 4) is 6.07 Å². The van der Waals surface area contributed by atoms with Gasteiger partial charge in [-0.15, -0.1) is 0 Å². The standard InChI is InChI=1S/C17H21N3O/c1-2-13-7-3-6-10-16(13)19-12-14(11-18)17(21)20-15-8-4-5-9-15/h3,6-7,10,12,15,19H,2,4-5,8-9H2,1H3,(H,20,21)/b14-12-. The van der Waals surface area contributed by atoms with Crippen molar-refractivity contribution in [1.82, 2.24) is 5.32 Å². The molecule has 0 spiro atoms. The van der Waals surface area contributed by atoms with Crippen LogP contribution in [0.25, 0.3) is 0 Å². The molecule has 2 rings (SSSR count). The molecule has 0 unspecified atom stereocenters. The van der Waals surface area contributed by atoms with Crippen LogP contribution in [-0.2, 0) is 11.2 Å². The fraction of sp³-hybridized carbons (Fsp3) is 0.412. The van der Waals surface area contributed by atoms with Crippen LogP contribution in [0, 0.1) is 11.3 Å². The minimum Gasteiger partial charge on any atom is -0.360 e. The van der Waals surface area contributed by atoms with Crippen LogP contribution in [0.5, 0.6) is 0 Å². The van der Waals surface area contributed by atoms with Gasteiger partial charge in [0.1, 0.15) is 11.6 Å². The van der Waals surface area contributed by atoms with E-state index in [1.54, 1.807) is 0 Å². The predicted molar refractivity (Wildman–Crippen MR) is 83.5 cm³/mol. The zero-order chi connectivity index (χ0) is 15.1. The fourth-order valence-electron chi connectivity index (χ4n) is 2.60. The summed E-state index contributed by atoms with van der Waals surface area (Å²) < 4.78 is 0. The van der Waals surface area contributed by atoms with E-state index in [1.165, 1.54) is 6.20 Å². The Morgan fingerprint density at radius 2 is 2.10 bits per heavy atom. The Labute approximate surface area is 125 Å². The molecule has 1 fully saturated rings. The average molecular weight is 283 g/mol. The minimum absolute atomic E-state index is 0.118. The van der Waals surface area contributed by atoms with Crippen molar-refractivity contribution in [2.45, 2.75) is 45.1 Å². The molecule has 4 heteroatoms. The summed E-state index contributed by atoms with van der Waals surface area (Å²) in [6.07, 6.45) is 6.72. The van der Waals surface area contributed by atoms with Gasteiger partial charge in [0.25, 0.3) is 5.91 Å². The number of nitrogens with one attached hydrogen (secondary N) is 2. The van der Waals surface area contributed by atoms with Crippen LogP contribution in [0.1, 0.15) is 38.2 Å². The fourth-order valence-corrected chi connectivity index (χ4v) is 2.60. The van der Waals surface area contributed by atoms with Gasteiger partial charge in [0.2, 0.25) is 0 Å². The highest BCUT2D eigenvalue weighted by molar-refractivity contribution is 5.97. The van der Waals surface area contributed by atoms with Gasteiger partial charge in [-0.1, -0.05) is 38.0 Å². The largest absolute Gasteiger partial charge is 0.360 e. The summed E-state index contributed by atoms with van der Waals surface area (Å²) in [5.41, 5.74) is 2.21. The monoisotopic (exact) mass is 283 g/mol. The zero-order valence-corrected chi connectivity index (χ0v) is 12.4. The number of carbonyl (C=O) groups is 1. The minimum atomic E-state index is -0.286. The summed E-state index contributed by atoms with van der Waals surface area (Å²) in [6.45, 7) is 2.07. The first-order chi connectivity index (χ1) is 10.2. The molecule has 1 saturated carbocycles. The molecule has 110 valence electrons. The van der Waals surface area contributed by atoms with Gasteiger partial charge in [0, 0.05) is 17.9 Å². The predicted octanol–water partition coefficient (Wildman–Crippen LogP) is 3.13. The maximum absolute atomic E-state index is 12.1. The lowest BCUT2D eigenvalue weighted by Crippen LogP contribution is -2.33. The number of amides is 1. The van der Waals surface area contributed by atoms with E-state index in [0.29, 0.717) is 0 Å². The maximum Gasteiger partial charge on any atom is 0.263 e. The molecule has 1 aromatic rings. The Morgan fingerprint density at radius 1 is 1.38 bits per heavy atom. The summed E-state index contributed by atoms with van der Waals surface area (Å²) in [4.78, 5) is 12.1. The summed E-state index contributed by atoms with van der Waals surface area (Å²) in [5, 5.41) is 15.2. The lowest BCUT2D eigenvalue weighted by molar-refractivity contribution is -0.117. The highest BCUT2D eigenvalue weighted by atomic mass is 16.1. The van der Waals surface area contributed by atoms with Crippen molar-refractivity contribution in [3.63, 3.8) is 0 Å². The number of hydrogen-bond acceptors (Lipinski definition) is 3. The first-order valence-electron chi connectivity index (χ1n) is 7.50. The second-order valence-electron chi connectivity index (χ2n) is 5.28. The van der Waals surface area contributed by atoms with E-state index in [9.17, 15) is 4.79 Å². The van der Waals surface area contributed by atoms with E-state index in [2.05, 4.69) is 17.6 Å². The Hall–Kier alpha value is -2.28. The second kappa shape index (κ2) is 7.49. The van der Waals surface area contributed by atoms with Gasteiger partial charge < -0.3 is 10.6 Å². The average Bonchev–Trinajstić information content (AvgIpc) is 3.01. The topological polar surface area (TPSA) is 64.9 Å². The molecule has 1 aliphatic rings. The number of nitriles is 1. The number of anilines is 1. The molecule has 0 atom stereocenters. The summed E-state index contributed by atoms with van der Waals surface area (Å²) >= 11 is 0. The van der Waals surface area contributed by atoms with Gasteiger partial charge in [0.15, 0.2) is 0 Å². The molecule has 0 aliphatic heterocycles. The number of aryl methyl sites for hydroxylation is 1. The lowest BCUT2D eigenvalue weighted by Gasteiger charge is -2.11. The molecule has 0 heterocycles. The van der Waals surface area contributed by atoms with Crippen LogP contribution >= 0.6 is 0 Å². The molecule has 21 heavy (non-hydrogen) atoms. The first kappa shape index (κ1) is 15.1. The van der Waals surface area contributed by atoms with Gasteiger partial charge in [-0.05, 0) is 30.9 Å². The van der Waals surface area contributed by atoms with E-state index in [4.69, 9.17) is 5.26 Å². The van der Waals surface area contributed by atoms with Crippen LogP contribution < -0.4 is 10.6 Å². The molecule has 1 amide bonds. The highest BCUT2D eigenvalue weighted by Gasteiger charge is 2.19. The van der Waals surface area contributed by atoms with Crippen molar-refractivity contribution >= 4 is 11.6 Å². The Morgan fingerprint density at radius 3 is 2.76 bits per heavy atom. The molecular formula is C17H21N3O. The summed E-state index contributed by atoms with van der Waals surface area (Å²) in [7, 11) is 0. The number of rotatable bonds is 5. The quantitative estimate of drug-likeness (QED) is 0.644. The van der Waals surface area contributed by atoms with E-state index >= 15 is 0 Å². The van der Waals surface area contributed by atoms with Crippen LogP contribution in [0.15, 0.2) is 36.0 Å². The third-order valence-electron chi connectivity index (χ3n) is 3.83. The van der Waals surface area contributed by atoms with Gasteiger partial charge in [-0.2, -0.15) is 5.26 Å². The van der Waals surface area contributed by atoms with Crippen molar-refractivity contribution in [2.75, 3.05) is 5.32 Å². The Kier molecular flexibility index (Phi) is 5.39. The Bertz CT molecular complexity index is 566. The van der Waals surface area contributed by atoms with Crippen molar-refractivity contribution in [3.05, 3.63) is 41.6 Å². The smallest absolute Gasteiger partial charge is 0.263 e. The molecule has 1 aromatic carbocycles. The van der Waals surface area contributed by atoms with Crippen molar-refractivity contribution in [1.29, 1.82) is 5.26 Å². The van der Waals surface area contributed by atoms with Crippen LogP contribution in [0.4, 0.5) is 5.69 Å². The third-order valence-corrected chi connectivity index (χ3v) is 3.83. The highest BCUT2D eigenvalue weighted by Crippen LogP contribution is 2.18. The van der Waals surface area contributed by atoms with E-state index in [1.807, 2.05) is 30.3 Å². The van der Waals surface area contributed by atoms with Crippen LogP contribution in [0.2, 0.25) is 0 Å². The van der Waals surface area contributed by atoms with Gasteiger partial charge in [-0.3, -0.25) is 4.79 Å². The molecule has 4 nitrogen and oxygen atoms in total. The van der Waals surface area contributed by atoms with Crippen molar-refractivity contribution in [2.24, 2.45) is 0 Å². The van der Waals surface area contributed by atoms with Crippen LogP contribution in [-0.4, -0.2) is 11.9 Å². The number of hydrogen-bond donors (Lipinski definition) is 2. The third kappa shape index (κ3) is 4.09. The van der Waals surface area contributed by atoms with Gasteiger partial charge in [-0.25, -0.2) is 0 Å². The molecule has 0 saturated heterocycles. The SMILES string of the molecule is CCc1ccccc1N/C=C(/C#N)C(=O)NC1CCCC1. The molecule has 1 aliphatic carbocycles. The number of carbonyl (C=O) groups excluding carboxylic acids is 1. The summed E-state index contributed by atoms with van der Waals surface area (Å²) in [5.74, 6) is -0.286. The zero-order valence-electron chi connectivity index (χ0n) is 12.4. The number of para-hydroxylation sites is 1. The number of benzene rings is 1. The normalized spacial score (nSPS) is 15.5. The van der Waals surface area contributed by atoms with E-state index in [-0.39, 0.29) is 17.5 Å². The lowest BCUT2D eigenvalue weighted by atomic mass is 10.1.